The molecular formula is C16H18F3N5OS. The van der Waals surface area contributed by atoms with Gasteiger partial charge in [0.05, 0.1) is 10.7 Å². The molecule has 1 aliphatic heterocycles. The maximum atomic E-state index is 12.9. The van der Waals surface area contributed by atoms with E-state index in [2.05, 4.69) is 15.0 Å². The number of amides is 1. The normalized spacial score (nSPS) is 15.5. The molecule has 2 aromatic heterocycles. The van der Waals surface area contributed by atoms with Gasteiger partial charge in [0.15, 0.2) is 0 Å². The molecule has 0 aliphatic carbocycles. The zero-order chi connectivity index (χ0) is 19.1. The molecule has 0 bridgehead atoms. The monoisotopic (exact) mass is 385 g/mol. The van der Waals surface area contributed by atoms with Crippen molar-refractivity contribution >= 4 is 23.1 Å². The summed E-state index contributed by atoms with van der Waals surface area (Å²) in [4.78, 5) is 28.5. The third-order valence-electron chi connectivity index (χ3n) is 4.10. The van der Waals surface area contributed by atoms with Crippen LogP contribution in [0.1, 0.15) is 31.9 Å². The van der Waals surface area contributed by atoms with Crippen LogP contribution in [0.2, 0.25) is 0 Å². The van der Waals surface area contributed by atoms with E-state index in [-0.39, 0.29) is 17.5 Å². The number of thiazole rings is 1. The Morgan fingerprint density at radius 1 is 1.08 bits per heavy atom. The predicted molar refractivity (Wildman–Crippen MR) is 91.5 cm³/mol. The third-order valence-corrected chi connectivity index (χ3v) is 5.16. The highest BCUT2D eigenvalue weighted by atomic mass is 32.1. The standard InChI is InChI=1S/C16H18F3N5OS/c1-9-14(26-11(3)20-9)15(25)24-6-4-23(5-7-24)13-8-12(16(17,18)19)21-10(2)22-13/h8H,4-7H2,1-3H3. The van der Waals surface area contributed by atoms with Gasteiger partial charge in [0.25, 0.3) is 5.91 Å². The molecule has 1 saturated heterocycles. The highest BCUT2D eigenvalue weighted by molar-refractivity contribution is 7.13. The molecule has 6 nitrogen and oxygen atoms in total. The Bertz CT molecular complexity index is 828. The summed E-state index contributed by atoms with van der Waals surface area (Å²) < 4.78 is 38.8. The second kappa shape index (κ2) is 6.82. The van der Waals surface area contributed by atoms with Gasteiger partial charge >= 0.3 is 6.18 Å². The van der Waals surface area contributed by atoms with Gasteiger partial charge in [0.2, 0.25) is 0 Å². The SMILES string of the molecule is Cc1nc(N2CCN(C(=O)c3sc(C)nc3C)CC2)cc(C(F)(F)F)n1. The van der Waals surface area contributed by atoms with E-state index in [9.17, 15) is 18.0 Å². The summed E-state index contributed by atoms with van der Waals surface area (Å²) in [7, 11) is 0. The van der Waals surface area contributed by atoms with Gasteiger partial charge in [-0.2, -0.15) is 13.2 Å². The van der Waals surface area contributed by atoms with Crippen LogP contribution >= 0.6 is 11.3 Å². The molecule has 0 spiro atoms. The van der Waals surface area contributed by atoms with Crippen molar-refractivity contribution in [3.05, 3.63) is 33.2 Å². The second-order valence-corrected chi connectivity index (χ2v) is 7.29. The number of carbonyl (C=O) groups is 1. The van der Waals surface area contributed by atoms with Crippen LogP contribution < -0.4 is 4.90 Å². The van der Waals surface area contributed by atoms with Crippen LogP contribution in [-0.2, 0) is 6.18 Å². The van der Waals surface area contributed by atoms with Crippen molar-refractivity contribution in [2.45, 2.75) is 26.9 Å². The van der Waals surface area contributed by atoms with E-state index in [1.807, 2.05) is 6.92 Å². The molecule has 3 rings (SSSR count). The lowest BCUT2D eigenvalue weighted by Gasteiger charge is -2.35. The van der Waals surface area contributed by atoms with Crippen molar-refractivity contribution in [3.63, 3.8) is 0 Å². The lowest BCUT2D eigenvalue weighted by Crippen LogP contribution is -2.49. The summed E-state index contributed by atoms with van der Waals surface area (Å²) in [6.45, 7) is 6.75. The van der Waals surface area contributed by atoms with E-state index in [1.165, 1.54) is 18.3 Å². The summed E-state index contributed by atoms with van der Waals surface area (Å²) in [5, 5.41) is 0.834. The molecular weight excluding hydrogens is 367 g/mol. The van der Waals surface area contributed by atoms with E-state index in [1.54, 1.807) is 16.7 Å². The maximum absolute atomic E-state index is 12.9. The fourth-order valence-corrected chi connectivity index (χ4v) is 3.76. The Hall–Kier alpha value is -2.23. The number of halogens is 3. The molecule has 140 valence electrons. The topological polar surface area (TPSA) is 62.2 Å². The Labute approximate surface area is 152 Å². The van der Waals surface area contributed by atoms with Crippen molar-refractivity contribution in [1.82, 2.24) is 19.9 Å². The molecule has 0 saturated carbocycles. The van der Waals surface area contributed by atoms with Gasteiger partial charge in [0.1, 0.15) is 22.2 Å². The average molecular weight is 385 g/mol. The number of anilines is 1. The number of aromatic nitrogens is 3. The minimum Gasteiger partial charge on any atom is -0.353 e. The molecule has 1 aliphatic rings. The Balaban J connectivity index is 1.72. The Kier molecular flexibility index (Phi) is 4.87. The number of alkyl halides is 3. The van der Waals surface area contributed by atoms with E-state index >= 15 is 0 Å². The summed E-state index contributed by atoms with van der Waals surface area (Å²) >= 11 is 1.36. The van der Waals surface area contributed by atoms with Gasteiger partial charge < -0.3 is 9.80 Å². The van der Waals surface area contributed by atoms with Crippen LogP contribution in [0, 0.1) is 20.8 Å². The number of carbonyl (C=O) groups excluding carboxylic acids is 1. The molecule has 2 aromatic rings. The number of piperazine rings is 1. The molecule has 0 aromatic carbocycles. The summed E-state index contributed by atoms with van der Waals surface area (Å²) in [5.74, 6) is 0.230. The summed E-state index contributed by atoms with van der Waals surface area (Å²) in [5.41, 5.74) is -0.240. The number of hydrogen-bond donors (Lipinski definition) is 0. The maximum Gasteiger partial charge on any atom is 0.433 e. The van der Waals surface area contributed by atoms with Gasteiger partial charge in [-0.3, -0.25) is 4.79 Å². The molecule has 0 radical (unpaired) electrons. The van der Waals surface area contributed by atoms with Gasteiger partial charge in [-0.25, -0.2) is 15.0 Å². The molecule has 3 heterocycles. The lowest BCUT2D eigenvalue weighted by atomic mass is 10.2. The zero-order valence-corrected chi connectivity index (χ0v) is 15.4. The van der Waals surface area contributed by atoms with Gasteiger partial charge in [0, 0.05) is 32.2 Å². The van der Waals surface area contributed by atoms with Crippen LogP contribution in [0.15, 0.2) is 6.07 Å². The van der Waals surface area contributed by atoms with Crippen LogP contribution in [0.3, 0.4) is 0 Å². The van der Waals surface area contributed by atoms with Gasteiger partial charge in [-0.05, 0) is 20.8 Å². The first-order valence-corrected chi connectivity index (χ1v) is 8.88. The van der Waals surface area contributed by atoms with Crippen LogP contribution in [0.5, 0.6) is 0 Å². The average Bonchev–Trinajstić information content (AvgIpc) is 2.91. The number of nitrogens with zero attached hydrogens (tertiary/aromatic N) is 5. The van der Waals surface area contributed by atoms with Crippen LogP contribution in [-0.4, -0.2) is 51.9 Å². The number of rotatable bonds is 2. The first-order chi connectivity index (χ1) is 12.1. The number of aryl methyl sites for hydroxylation is 3. The molecule has 0 unspecified atom stereocenters. The zero-order valence-electron chi connectivity index (χ0n) is 14.6. The molecule has 0 N–H and O–H groups in total. The first kappa shape index (κ1) is 18.6. The van der Waals surface area contributed by atoms with Crippen molar-refractivity contribution in [2.75, 3.05) is 31.1 Å². The van der Waals surface area contributed by atoms with E-state index in [0.29, 0.717) is 36.8 Å². The lowest BCUT2D eigenvalue weighted by molar-refractivity contribution is -0.141. The fourth-order valence-electron chi connectivity index (χ4n) is 2.87. The molecule has 1 fully saturated rings. The van der Waals surface area contributed by atoms with Gasteiger partial charge in [-0.15, -0.1) is 11.3 Å². The second-order valence-electron chi connectivity index (χ2n) is 6.08. The van der Waals surface area contributed by atoms with Crippen molar-refractivity contribution in [3.8, 4) is 0 Å². The van der Waals surface area contributed by atoms with Crippen molar-refractivity contribution < 1.29 is 18.0 Å². The molecule has 10 heteroatoms. The molecule has 1 amide bonds. The minimum atomic E-state index is -4.51. The Morgan fingerprint density at radius 3 is 2.27 bits per heavy atom. The summed E-state index contributed by atoms with van der Waals surface area (Å²) in [6, 6.07) is 0.960. The van der Waals surface area contributed by atoms with Gasteiger partial charge in [-0.1, -0.05) is 0 Å². The van der Waals surface area contributed by atoms with Crippen molar-refractivity contribution in [2.24, 2.45) is 0 Å². The van der Waals surface area contributed by atoms with Crippen LogP contribution in [0.4, 0.5) is 19.0 Å². The number of hydrogen-bond acceptors (Lipinski definition) is 6. The predicted octanol–water partition coefficient (Wildman–Crippen LogP) is 2.84. The van der Waals surface area contributed by atoms with E-state index in [4.69, 9.17) is 0 Å². The van der Waals surface area contributed by atoms with Crippen molar-refractivity contribution in [1.29, 1.82) is 0 Å². The van der Waals surface area contributed by atoms with E-state index in [0.717, 1.165) is 11.1 Å². The highest BCUT2D eigenvalue weighted by Gasteiger charge is 2.34. The summed E-state index contributed by atoms with van der Waals surface area (Å²) in [6.07, 6.45) is -4.51. The van der Waals surface area contributed by atoms with E-state index < -0.39 is 11.9 Å². The largest absolute Gasteiger partial charge is 0.433 e. The third kappa shape index (κ3) is 3.79. The first-order valence-electron chi connectivity index (χ1n) is 8.06. The molecule has 0 atom stereocenters. The smallest absolute Gasteiger partial charge is 0.353 e. The fraction of sp³-hybridized carbons (Fsp3) is 0.500. The minimum absolute atomic E-state index is 0.0732. The Morgan fingerprint density at radius 2 is 1.73 bits per heavy atom. The highest BCUT2D eigenvalue weighted by Crippen LogP contribution is 2.30. The van der Waals surface area contributed by atoms with Crippen LogP contribution in [0.25, 0.3) is 0 Å². The molecule has 26 heavy (non-hydrogen) atoms. The quantitative estimate of drug-likeness (QED) is 0.796.